The maximum atomic E-state index is 12.3. The van der Waals surface area contributed by atoms with Gasteiger partial charge in [-0.1, -0.05) is 39.0 Å². The summed E-state index contributed by atoms with van der Waals surface area (Å²) in [6.07, 6.45) is 0. The van der Waals surface area contributed by atoms with Crippen LogP contribution >= 0.6 is 0 Å². The first-order valence-corrected chi connectivity index (χ1v) is 7.57. The number of hydrogen-bond acceptors (Lipinski definition) is 4. The maximum absolute atomic E-state index is 12.3. The van der Waals surface area contributed by atoms with E-state index in [9.17, 15) is 18.3 Å². The van der Waals surface area contributed by atoms with Crippen molar-refractivity contribution in [1.82, 2.24) is 4.72 Å². The number of carbonyl (C=O) groups is 1. The van der Waals surface area contributed by atoms with Gasteiger partial charge in [0.2, 0.25) is 10.0 Å². The molecule has 0 unspecified atom stereocenters. The number of sulfonamides is 1. The highest BCUT2D eigenvalue weighted by Crippen LogP contribution is 2.31. The van der Waals surface area contributed by atoms with E-state index in [1.165, 1.54) is 12.1 Å². The molecule has 1 atom stereocenters. The number of nitrogens with two attached hydrogens (primary N) is 1. The fraction of sp³-hybridized carbons (Fsp3) is 0.462. The number of aliphatic carboxylic acids is 1. The van der Waals surface area contributed by atoms with Gasteiger partial charge in [0.15, 0.2) is 0 Å². The second-order valence-electron chi connectivity index (χ2n) is 5.58. The van der Waals surface area contributed by atoms with Crippen molar-refractivity contribution in [2.45, 2.75) is 31.2 Å². The van der Waals surface area contributed by atoms with Gasteiger partial charge in [0.1, 0.15) is 5.54 Å². The van der Waals surface area contributed by atoms with Crippen LogP contribution in [0.15, 0.2) is 35.2 Å². The molecule has 7 heteroatoms. The Morgan fingerprint density at radius 2 is 1.75 bits per heavy atom. The fourth-order valence-corrected chi connectivity index (χ4v) is 3.41. The lowest BCUT2D eigenvalue weighted by atomic mass is 9.74. The third-order valence-electron chi connectivity index (χ3n) is 3.31. The average Bonchev–Trinajstić information content (AvgIpc) is 2.35. The summed E-state index contributed by atoms with van der Waals surface area (Å²) in [4.78, 5) is 11.6. The fourth-order valence-electron chi connectivity index (χ4n) is 1.84. The molecule has 0 fully saturated rings. The van der Waals surface area contributed by atoms with Gasteiger partial charge in [-0.05, 0) is 17.5 Å². The SMILES string of the molecule is CC(C)(C)[C@](CN)(NS(=O)(=O)c1ccccc1)C(=O)O. The van der Waals surface area contributed by atoms with Crippen LogP contribution in [-0.4, -0.2) is 31.6 Å². The van der Waals surface area contributed by atoms with Gasteiger partial charge in [-0.25, -0.2) is 8.42 Å². The largest absolute Gasteiger partial charge is 0.480 e. The summed E-state index contributed by atoms with van der Waals surface area (Å²) in [5, 5.41) is 9.46. The summed E-state index contributed by atoms with van der Waals surface area (Å²) in [5.41, 5.74) is 2.90. The Hall–Kier alpha value is -1.44. The van der Waals surface area contributed by atoms with Gasteiger partial charge < -0.3 is 10.8 Å². The summed E-state index contributed by atoms with van der Waals surface area (Å²) >= 11 is 0. The summed E-state index contributed by atoms with van der Waals surface area (Å²) < 4.78 is 26.9. The van der Waals surface area contributed by atoms with Crippen LogP contribution < -0.4 is 10.5 Å². The molecule has 1 aromatic rings. The van der Waals surface area contributed by atoms with Gasteiger partial charge in [-0.2, -0.15) is 4.72 Å². The Labute approximate surface area is 119 Å². The van der Waals surface area contributed by atoms with E-state index >= 15 is 0 Å². The highest BCUT2D eigenvalue weighted by molar-refractivity contribution is 7.89. The lowest BCUT2D eigenvalue weighted by Gasteiger charge is -2.40. The molecule has 0 bridgehead atoms. The summed E-state index contributed by atoms with van der Waals surface area (Å²) in [7, 11) is -3.97. The van der Waals surface area contributed by atoms with E-state index in [1.54, 1.807) is 39.0 Å². The number of hydrogen-bond donors (Lipinski definition) is 3. The Morgan fingerprint density at radius 1 is 1.25 bits per heavy atom. The quantitative estimate of drug-likeness (QED) is 0.745. The topological polar surface area (TPSA) is 109 Å². The van der Waals surface area contributed by atoms with Crippen LogP contribution in [-0.2, 0) is 14.8 Å². The minimum atomic E-state index is -3.97. The van der Waals surface area contributed by atoms with Gasteiger partial charge in [0.05, 0.1) is 4.90 Å². The molecule has 1 rings (SSSR count). The van der Waals surface area contributed by atoms with Crippen molar-refractivity contribution in [3.63, 3.8) is 0 Å². The Balaban J connectivity index is 3.31. The third kappa shape index (κ3) is 3.00. The lowest BCUT2D eigenvalue weighted by Crippen LogP contribution is -2.66. The molecule has 4 N–H and O–H groups in total. The van der Waals surface area contributed by atoms with E-state index in [2.05, 4.69) is 4.72 Å². The van der Waals surface area contributed by atoms with E-state index in [4.69, 9.17) is 5.73 Å². The zero-order valence-electron chi connectivity index (χ0n) is 11.8. The lowest BCUT2D eigenvalue weighted by molar-refractivity contribution is -0.148. The Kier molecular flexibility index (Phi) is 4.58. The molecule has 0 spiro atoms. The molecule has 0 aromatic heterocycles. The molecule has 0 heterocycles. The summed E-state index contributed by atoms with van der Waals surface area (Å²) in [6.45, 7) is 4.53. The molecular weight excluding hydrogens is 280 g/mol. The first-order valence-electron chi connectivity index (χ1n) is 6.09. The van der Waals surface area contributed by atoms with Crippen LogP contribution in [0.25, 0.3) is 0 Å². The van der Waals surface area contributed by atoms with E-state index in [0.717, 1.165) is 0 Å². The monoisotopic (exact) mass is 300 g/mol. The van der Waals surface area contributed by atoms with E-state index < -0.39 is 26.9 Å². The number of carboxylic acids is 1. The summed E-state index contributed by atoms with van der Waals surface area (Å²) in [6, 6.07) is 7.60. The number of benzene rings is 1. The van der Waals surface area contributed by atoms with Crippen LogP contribution in [0, 0.1) is 5.41 Å². The highest BCUT2D eigenvalue weighted by Gasteiger charge is 2.50. The normalized spacial score (nSPS) is 15.6. The predicted octanol–water partition coefficient (Wildman–Crippen LogP) is 0.793. The molecule has 112 valence electrons. The van der Waals surface area contributed by atoms with Crippen LogP contribution in [0.3, 0.4) is 0 Å². The smallest absolute Gasteiger partial charge is 0.326 e. The zero-order chi connectivity index (χ0) is 15.6. The molecule has 1 aromatic carbocycles. The van der Waals surface area contributed by atoms with Gasteiger partial charge in [0, 0.05) is 6.54 Å². The number of nitrogens with one attached hydrogen (secondary N) is 1. The molecular formula is C13H20N2O4S. The predicted molar refractivity (Wildman–Crippen MR) is 75.6 cm³/mol. The number of carboxylic acid groups (broad SMARTS) is 1. The molecule has 0 aliphatic rings. The van der Waals surface area contributed by atoms with Crippen LogP contribution in [0.5, 0.6) is 0 Å². The van der Waals surface area contributed by atoms with E-state index in [1.807, 2.05) is 0 Å². The molecule has 6 nitrogen and oxygen atoms in total. The van der Waals surface area contributed by atoms with Crippen LogP contribution in [0.1, 0.15) is 20.8 Å². The Morgan fingerprint density at radius 3 is 2.10 bits per heavy atom. The minimum Gasteiger partial charge on any atom is -0.480 e. The van der Waals surface area contributed by atoms with Crippen molar-refractivity contribution in [3.05, 3.63) is 30.3 Å². The van der Waals surface area contributed by atoms with E-state index in [-0.39, 0.29) is 11.4 Å². The minimum absolute atomic E-state index is 0.00308. The molecule has 0 radical (unpaired) electrons. The molecule has 20 heavy (non-hydrogen) atoms. The maximum Gasteiger partial charge on any atom is 0.326 e. The Bertz CT molecular complexity index is 578. The van der Waals surface area contributed by atoms with Crippen molar-refractivity contribution in [2.24, 2.45) is 11.1 Å². The van der Waals surface area contributed by atoms with Crippen molar-refractivity contribution in [1.29, 1.82) is 0 Å². The first kappa shape index (κ1) is 16.6. The molecule has 0 saturated carbocycles. The molecule has 0 saturated heterocycles. The first-order chi connectivity index (χ1) is 9.07. The second-order valence-corrected chi connectivity index (χ2v) is 7.27. The highest BCUT2D eigenvalue weighted by atomic mass is 32.2. The summed E-state index contributed by atoms with van der Waals surface area (Å²) in [5.74, 6) is -1.30. The van der Waals surface area contributed by atoms with Crippen LogP contribution in [0.2, 0.25) is 0 Å². The molecule has 0 aliphatic heterocycles. The van der Waals surface area contributed by atoms with Crippen molar-refractivity contribution < 1.29 is 18.3 Å². The van der Waals surface area contributed by atoms with Gasteiger partial charge in [0.25, 0.3) is 0 Å². The van der Waals surface area contributed by atoms with Crippen molar-refractivity contribution in [3.8, 4) is 0 Å². The number of rotatable bonds is 5. The zero-order valence-corrected chi connectivity index (χ0v) is 12.6. The van der Waals surface area contributed by atoms with E-state index in [0.29, 0.717) is 0 Å². The van der Waals surface area contributed by atoms with Gasteiger partial charge in [-0.3, -0.25) is 4.79 Å². The molecule has 0 aliphatic carbocycles. The van der Waals surface area contributed by atoms with Gasteiger partial charge >= 0.3 is 5.97 Å². The molecule has 0 amide bonds. The van der Waals surface area contributed by atoms with Crippen molar-refractivity contribution in [2.75, 3.05) is 6.54 Å². The average molecular weight is 300 g/mol. The second kappa shape index (κ2) is 5.51. The standard InChI is InChI=1S/C13H20N2O4S/c1-12(2,3)13(9-14,11(16)17)15-20(18,19)10-7-5-4-6-8-10/h4-8,15H,9,14H2,1-3H3,(H,16,17)/t13-/m1/s1. The third-order valence-corrected chi connectivity index (χ3v) is 4.82. The van der Waals surface area contributed by atoms with Crippen molar-refractivity contribution >= 4 is 16.0 Å². The van der Waals surface area contributed by atoms with Crippen LogP contribution in [0.4, 0.5) is 0 Å². The van der Waals surface area contributed by atoms with Gasteiger partial charge in [-0.15, -0.1) is 0 Å².